The Balaban J connectivity index is 1.58. The quantitative estimate of drug-likeness (QED) is 0.801. The van der Waals surface area contributed by atoms with Crippen molar-refractivity contribution in [1.82, 2.24) is 30.0 Å². The molecule has 8 heteroatoms. The van der Waals surface area contributed by atoms with Gasteiger partial charge in [0.15, 0.2) is 5.82 Å². The van der Waals surface area contributed by atoms with E-state index in [0.29, 0.717) is 17.1 Å². The number of tetrazole rings is 1. The zero-order valence-corrected chi connectivity index (χ0v) is 13.3. The molecule has 0 radical (unpaired) electrons. The Kier molecular flexibility index (Phi) is 4.52. The van der Waals surface area contributed by atoms with Crippen molar-refractivity contribution in [3.05, 3.63) is 35.7 Å². The molecule has 1 saturated heterocycles. The van der Waals surface area contributed by atoms with Gasteiger partial charge in [0, 0.05) is 38.8 Å². The number of piperazine rings is 1. The van der Waals surface area contributed by atoms with E-state index in [1.807, 2.05) is 4.90 Å². The third-order valence-electron chi connectivity index (χ3n) is 3.97. The molecule has 23 heavy (non-hydrogen) atoms. The molecule has 0 bridgehead atoms. The Hall–Kier alpha value is -2.48. The van der Waals surface area contributed by atoms with Crippen molar-refractivity contribution in [1.29, 1.82) is 0 Å². The molecule has 8 nitrogen and oxygen atoms in total. The number of carbonyl (C=O) groups excluding carboxylic acids is 1. The Morgan fingerprint density at radius 1 is 1.13 bits per heavy atom. The molecule has 0 saturated carbocycles. The van der Waals surface area contributed by atoms with Crippen molar-refractivity contribution < 1.29 is 9.53 Å². The second kappa shape index (κ2) is 6.74. The standard InChI is InChI=1S/C15H20N6O2/c1-19-7-9-21(10-8-19)15(22)12-3-5-13(6-4-12)23-11-14-16-17-18-20(14)2/h3-6H,7-11H2,1-2H3. The fraction of sp³-hybridized carbons (Fsp3) is 0.467. The Bertz CT molecular complexity index is 661. The Morgan fingerprint density at radius 2 is 1.83 bits per heavy atom. The van der Waals surface area contributed by atoms with Gasteiger partial charge in [0.1, 0.15) is 12.4 Å². The van der Waals surface area contributed by atoms with Crippen molar-refractivity contribution in [2.75, 3.05) is 33.2 Å². The number of amides is 1. The molecule has 3 rings (SSSR count). The van der Waals surface area contributed by atoms with Crippen LogP contribution >= 0.6 is 0 Å². The minimum absolute atomic E-state index is 0.0714. The third-order valence-corrected chi connectivity index (χ3v) is 3.97. The topological polar surface area (TPSA) is 76.4 Å². The maximum Gasteiger partial charge on any atom is 0.253 e. The van der Waals surface area contributed by atoms with Gasteiger partial charge in [0.25, 0.3) is 5.91 Å². The number of nitrogens with zero attached hydrogens (tertiary/aromatic N) is 6. The largest absolute Gasteiger partial charge is 0.486 e. The van der Waals surface area contributed by atoms with Crippen LogP contribution in [0.25, 0.3) is 0 Å². The van der Waals surface area contributed by atoms with Crippen molar-refractivity contribution in [2.24, 2.45) is 7.05 Å². The number of likely N-dealkylation sites (N-methyl/N-ethyl adjacent to an activating group) is 1. The van der Waals surface area contributed by atoms with E-state index >= 15 is 0 Å². The van der Waals surface area contributed by atoms with Gasteiger partial charge in [-0.25, -0.2) is 4.68 Å². The molecule has 122 valence electrons. The first-order valence-electron chi connectivity index (χ1n) is 7.55. The summed E-state index contributed by atoms with van der Waals surface area (Å²) in [7, 11) is 3.83. The Labute approximate surface area is 134 Å². The van der Waals surface area contributed by atoms with Gasteiger partial charge in [-0.15, -0.1) is 5.10 Å². The number of aromatic nitrogens is 4. The summed E-state index contributed by atoms with van der Waals surface area (Å²) in [6, 6.07) is 7.19. The van der Waals surface area contributed by atoms with Gasteiger partial charge >= 0.3 is 0 Å². The SMILES string of the molecule is CN1CCN(C(=O)c2ccc(OCc3nnnn3C)cc2)CC1. The lowest BCUT2D eigenvalue weighted by molar-refractivity contribution is 0.0664. The highest BCUT2D eigenvalue weighted by Gasteiger charge is 2.20. The number of hydrogen-bond acceptors (Lipinski definition) is 6. The zero-order valence-electron chi connectivity index (χ0n) is 13.3. The molecule has 1 fully saturated rings. The molecular formula is C15H20N6O2. The summed E-state index contributed by atoms with van der Waals surface area (Å²) in [5, 5.41) is 11.2. The van der Waals surface area contributed by atoms with Gasteiger partial charge in [-0.2, -0.15) is 0 Å². The number of ether oxygens (including phenoxy) is 1. The second-order valence-corrected chi connectivity index (χ2v) is 5.63. The maximum atomic E-state index is 12.4. The average Bonchev–Trinajstić information content (AvgIpc) is 2.99. The van der Waals surface area contributed by atoms with E-state index in [9.17, 15) is 4.79 Å². The molecule has 0 N–H and O–H groups in total. The molecule has 1 amide bonds. The van der Waals surface area contributed by atoms with Crippen LogP contribution in [-0.4, -0.2) is 69.1 Å². The lowest BCUT2D eigenvalue weighted by Gasteiger charge is -2.32. The van der Waals surface area contributed by atoms with Crippen LogP contribution in [-0.2, 0) is 13.7 Å². The normalized spacial score (nSPS) is 15.7. The highest BCUT2D eigenvalue weighted by Crippen LogP contribution is 2.15. The van der Waals surface area contributed by atoms with Crippen molar-refractivity contribution in [2.45, 2.75) is 6.61 Å². The van der Waals surface area contributed by atoms with Crippen LogP contribution in [0, 0.1) is 0 Å². The maximum absolute atomic E-state index is 12.4. The number of hydrogen-bond donors (Lipinski definition) is 0. The second-order valence-electron chi connectivity index (χ2n) is 5.63. The first-order valence-corrected chi connectivity index (χ1v) is 7.55. The van der Waals surface area contributed by atoms with E-state index in [1.54, 1.807) is 36.0 Å². The van der Waals surface area contributed by atoms with Crippen LogP contribution in [0.3, 0.4) is 0 Å². The van der Waals surface area contributed by atoms with Crippen LogP contribution < -0.4 is 4.74 Å². The van der Waals surface area contributed by atoms with E-state index in [0.717, 1.165) is 26.2 Å². The molecular weight excluding hydrogens is 296 g/mol. The van der Waals surface area contributed by atoms with E-state index < -0.39 is 0 Å². The third kappa shape index (κ3) is 3.65. The van der Waals surface area contributed by atoms with Crippen molar-refractivity contribution in [3.8, 4) is 5.75 Å². The molecule has 1 aliphatic heterocycles. The lowest BCUT2D eigenvalue weighted by atomic mass is 10.1. The predicted molar refractivity (Wildman–Crippen MR) is 83.0 cm³/mol. The lowest BCUT2D eigenvalue weighted by Crippen LogP contribution is -2.47. The molecule has 2 aromatic rings. The summed E-state index contributed by atoms with van der Waals surface area (Å²) < 4.78 is 7.19. The van der Waals surface area contributed by atoms with E-state index in [2.05, 4.69) is 27.5 Å². The summed E-state index contributed by atoms with van der Waals surface area (Å²) in [5.41, 5.74) is 0.683. The number of rotatable bonds is 4. The zero-order chi connectivity index (χ0) is 16.2. The van der Waals surface area contributed by atoms with Gasteiger partial charge in [-0.3, -0.25) is 4.79 Å². The summed E-state index contributed by atoms with van der Waals surface area (Å²) in [6.45, 7) is 3.66. The van der Waals surface area contributed by atoms with Gasteiger partial charge in [0.2, 0.25) is 0 Å². The predicted octanol–water partition coefficient (Wildman–Crippen LogP) is 0.177. The number of aryl methyl sites for hydroxylation is 1. The van der Waals surface area contributed by atoms with Gasteiger partial charge in [-0.1, -0.05) is 0 Å². The molecule has 2 heterocycles. The van der Waals surface area contributed by atoms with Gasteiger partial charge < -0.3 is 14.5 Å². The summed E-state index contributed by atoms with van der Waals surface area (Å²) in [6.07, 6.45) is 0. The monoisotopic (exact) mass is 316 g/mol. The van der Waals surface area contributed by atoms with Gasteiger partial charge in [0.05, 0.1) is 0 Å². The number of benzene rings is 1. The van der Waals surface area contributed by atoms with E-state index in [1.165, 1.54) is 0 Å². The molecule has 0 unspecified atom stereocenters. The molecule has 1 aromatic heterocycles. The van der Waals surface area contributed by atoms with E-state index in [4.69, 9.17) is 4.74 Å². The highest BCUT2D eigenvalue weighted by atomic mass is 16.5. The molecule has 0 atom stereocenters. The summed E-state index contributed by atoms with van der Waals surface area (Å²) in [5.74, 6) is 1.40. The minimum Gasteiger partial charge on any atom is -0.486 e. The van der Waals surface area contributed by atoms with Crippen molar-refractivity contribution in [3.63, 3.8) is 0 Å². The fourth-order valence-electron chi connectivity index (χ4n) is 2.40. The number of carbonyl (C=O) groups is 1. The van der Waals surface area contributed by atoms with Crippen LogP contribution in [0.15, 0.2) is 24.3 Å². The van der Waals surface area contributed by atoms with Crippen molar-refractivity contribution >= 4 is 5.91 Å². The average molecular weight is 316 g/mol. The fourth-order valence-corrected chi connectivity index (χ4v) is 2.40. The Morgan fingerprint density at radius 3 is 2.43 bits per heavy atom. The summed E-state index contributed by atoms with van der Waals surface area (Å²) >= 11 is 0. The molecule has 0 aliphatic carbocycles. The minimum atomic E-state index is 0.0714. The van der Waals surface area contributed by atoms with Crippen LogP contribution in [0.1, 0.15) is 16.2 Å². The first kappa shape index (κ1) is 15.4. The van der Waals surface area contributed by atoms with Crippen LogP contribution in [0.2, 0.25) is 0 Å². The van der Waals surface area contributed by atoms with Gasteiger partial charge in [-0.05, 0) is 41.7 Å². The van der Waals surface area contributed by atoms with Crippen LogP contribution in [0.5, 0.6) is 5.75 Å². The molecule has 1 aromatic carbocycles. The molecule has 0 spiro atoms. The van der Waals surface area contributed by atoms with E-state index in [-0.39, 0.29) is 12.5 Å². The van der Waals surface area contributed by atoms with Crippen LogP contribution in [0.4, 0.5) is 0 Å². The smallest absolute Gasteiger partial charge is 0.253 e. The highest BCUT2D eigenvalue weighted by molar-refractivity contribution is 5.94. The first-order chi connectivity index (χ1) is 11.1. The summed E-state index contributed by atoms with van der Waals surface area (Å²) in [4.78, 5) is 16.6. The molecule has 1 aliphatic rings.